The first-order valence-corrected chi connectivity index (χ1v) is 13.6. The van der Waals surface area contributed by atoms with Crippen LogP contribution in [0.25, 0.3) is 22.0 Å². The highest BCUT2D eigenvalue weighted by Crippen LogP contribution is 2.31. The molecule has 0 unspecified atom stereocenters. The Balaban J connectivity index is 1.66. The summed E-state index contributed by atoms with van der Waals surface area (Å²) in [5.74, 6) is -0.635. The molecule has 204 valence electrons. The number of amides is 1. The van der Waals surface area contributed by atoms with E-state index in [9.17, 15) is 9.59 Å². The van der Waals surface area contributed by atoms with Gasteiger partial charge in [0.15, 0.2) is 0 Å². The van der Waals surface area contributed by atoms with Crippen molar-refractivity contribution in [2.24, 2.45) is 0 Å². The van der Waals surface area contributed by atoms with E-state index < -0.39 is 5.97 Å². The fraction of sp³-hybridized carbons (Fsp3) is 0.312. The molecule has 0 fully saturated rings. The Labute approximate surface area is 230 Å². The van der Waals surface area contributed by atoms with E-state index in [1.54, 1.807) is 24.1 Å². The van der Waals surface area contributed by atoms with Crippen LogP contribution in [0.5, 0.6) is 0 Å². The van der Waals surface area contributed by atoms with Gasteiger partial charge in [0.1, 0.15) is 0 Å². The van der Waals surface area contributed by atoms with E-state index in [1.807, 2.05) is 67.8 Å². The highest BCUT2D eigenvalue weighted by molar-refractivity contribution is 6.09. The van der Waals surface area contributed by atoms with Crippen LogP contribution in [0, 0.1) is 0 Å². The standard InChI is InChI=1S/C32H38N4O3/c1-5-22(2)35-29-10-6-7-11-30(29)36(4)31(37)25-12-14-26(23-13-15-28-24(20-23)16-18-34-28)27(21-25)32(38)39-19-9-8-17-33-3/h6-7,10-16,18,20-22,33-35H,5,8-9,17,19H2,1-4H3/t22-/m0/s1. The number of hydrogen-bond donors (Lipinski definition) is 3. The molecule has 0 aliphatic rings. The van der Waals surface area contributed by atoms with Gasteiger partial charge in [-0.3, -0.25) is 4.79 Å². The Morgan fingerprint density at radius 1 is 1.03 bits per heavy atom. The smallest absolute Gasteiger partial charge is 0.338 e. The topological polar surface area (TPSA) is 86.5 Å². The summed E-state index contributed by atoms with van der Waals surface area (Å²) < 4.78 is 5.66. The molecule has 39 heavy (non-hydrogen) atoms. The number of anilines is 2. The number of nitrogens with zero attached hydrogens (tertiary/aromatic N) is 1. The van der Waals surface area contributed by atoms with Crippen molar-refractivity contribution in [3.05, 3.63) is 84.1 Å². The van der Waals surface area contributed by atoms with Gasteiger partial charge in [0.05, 0.1) is 23.5 Å². The van der Waals surface area contributed by atoms with Crippen LogP contribution in [-0.4, -0.2) is 50.1 Å². The highest BCUT2D eigenvalue weighted by atomic mass is 16.5. The summed E-state index contributed by atoms with van der Waals surface area (Å²) in [6.45, 7) is 5.41. The van der Waals surface area contributed by atoms with Gasteiger partial charge in [-0.15, -0.1) is 0 Å². The molecule has 3 aromatic carbocycles. The molecule has 0 spiro atoms. The zero-order valence-corrected chi connectivity index (χ0v) is 23.2. The lowest BCUT2D eigenvalue weighted by Gasteiger charge is -2.24. The van der Waals surface area contributed by atoms with Crippen molar-refractivity contribution >= 4 is 34.2 Å². The van der Waals surface area contributed by atoms with Crippen LogP contribution < -0.4 is 15.5 Å². The van der Waals surface area contributed by atoms with Gasteiger partial charge in [0.2, 0.25) is 0 Å². The fourth-order valence-electron chi connectivity index (χ4n) is 4.52. The van der Waals surface area contributed by atoms with Gasteiger partial charge in [-0.2, -0.15) is 0 Å². The molecule has 0 bridgehead atoms. The number of carbonyl (C=O) groups is 2. The van der Waals surface area contributed by atoms with Crippen molar-refractivity contribution < 1.29 is 14.3 Å². The third-order valence-corrected chi connectivity index (χ3v) is 6.99. The first-order valence-electron chi connectivity index (χ1n) is 13.6. The van der Waals surface area contributed by atoms with Crippen LogP contribution in [-0.2, 0) is 4.74 Å². The van der Waals surface area contributed by atoms with E-state index in [4.69, 9.17) is 4.74 Å². The third kappa shape index (κ3) is 6.67. The Bertz CT molecular complexity index is 1430. The average molecular weight is 527 g/mol. The maximum atomic E-state index is 13.7. The molecule has 0 saturated heterocycles. The summed E-state index contributed by atoms with van der Waals surface area (Å²) in [5, 5.41) is 7.63. The molecular weight excluding hydrogens is 488 g/mol. The Morgan fingerprint density at radius 2 is 1.85 bits per heavy atom. The Morgan fingerprint density at radius 3 is 2.64 bits per heavy atom. The van der Waals surface area contributed by atoms with Gasteiger partial charge in [-0.1, -0.05) is 31.2 Å². The summed E-state index contributed by atoms with van der Waals surface area (Å²) in [5.41, 5.74) is 5.11. The summed E-state index contributed by atoms with van der Waals surface area (Å²) in [7, 11) is 3.66. The maximum absolute atomic E-state index is 13.7. The number of aromatic nitrogens is 1. The van der Waals surface area contributed by atoms with Gasteiger partial charge in [-0.25, -0.2) is 4.79 Å². The van der Waals surface area contributed by atoms with Crippen LogP contribution >= 0.6 is 0 Å². The average Bonchev–Trinajstić information content (AvgIpc) is 3.44. The molecule has 1 heterocycles. The minimum atomic E-state index is -0.431. The highest BCUT2D eigenvalue weighted by Gasteiger charge is 2.22. The quantitative estimate of drug-likeness (QED) is 0.145. The van der Waals surface area contributed by atoms with Crippen molar-refractivity contribution in [2.45, 2.75) is 39.2 Å². The van der Waals surface area contributed by atoms with Crippen molar-refractivity contribution in [2.75, 3.05) is 37.5 Å². The van der Waals surface area contributed by atoms with Crippen LogP contribution in [0.2, 0.25) is 0 Å². The maximum Gasteiger partial charge on any atom is 0.338 e. The van der Waals surface area contributed by atoms with Gasteiger partial charge >= 0.3 is 5.97 Å². The Kier molecular flexibility index (Phi) is 9.39. The largest absolute Gasteiger partial charge is 0.462 e. The SMILES string of the molecule is CC[C@H](C)Nc1ccccc1N(C)C(=O)c1ccc(-c2ccc3[nH]ccc3c2)c(C(=O)OCCCCNC)c1. The second-order valence-corrected chi connectivity index (χ2v) is 9.82. The first kappa shape index (κ1) is 27.9. The minimum Gasteiger partial charge on any atom is -0.462 e. The lowest BCUT2D eigenvalue weighted by atomic mass is 9.96. The number of para-hydroxylation sites is 2. The number of carbonyl (C=O) groups excluding carboxylic acids is 2. The number of benzene rings is 3. The molecule has 1 aromatic heterocycles. The normalized spacial score (nSPS) is 11.8. The third-order valence-electron chi connectivity index (χ3n) is 6.99. The van der Waals surface area contributed by atoms with Gasteiger partial charge in [0.25, 0.3) is 5.91 Å². The molecule has 0 aliphatic carbocycles. The summed E-state index contributed by atoms with van der Waals surface area (Å²) in [6, 6.07) is 21.3. The number of H-pyrrole nitrogens is 1. The zero-order valence-electron chi connectivity index (χ0n) is 23.2. The molecule has 0 saturated carbocycles. The molecule has 1 amide bonds. The molecule has 0 aliphatic heterocycles. The van der Waals surface area contributed by atoms with Crippen molar-refractivity contribution in [1.29, 1.82) is 0 Å². The van der Waals surface area contributed by atoms with Crippen LogP contribution in [0.3, 0.4) is 0 Å². The van der Waals surface area contributed by atoms with Gasteiger partial charge in [0, 0.05) is 30.4 Å². The second kappa shape index (κ2) is 13.1. The van der Waals surface area contributed by atoms with E-state index in [1.165, 1.54) is 0 Å². The van der Waals surface area contributed by atoms with Gasteiger partial charge < -0.3 is 25.3 Å². The van der Waals surface area contributed by atoms with Crippen LogP contribution in [0.4, 0.5) is 11.4 Å². The lowest BCUT2D eigenvalue weighted by Crippen LogP contribution is -2.28. The molecule has 0 radical (unpaired) electrons. The second-order valence-electron chi connectivity index (χ2n) is 9.82. The zero-order chi connectivity index (χ0) is 27.8. The fourth-order valence-corrected chi connectivity index (χ4v) is 4.52. The van der Waals surface area contributed by atoms with Crippen molar-refractivity contribution in [3.63, 3.8) is 0 Å². The van der Waals surface area contributed by atoms with E-state index >= 15 is 0 Å². The van der Waals surface area contributed by atoms with Crippen LogP contribution in [0.1, 0.15) is 53.8 Å². The molecule has 4 aromatic rings. The number of aromatic amines is 1. The summed E-state index contributed by atoms with van der Waals surface area (Å²) in [4.78, 5) is 31.8. The first-order chi connectivity index (χ1) is 18.9. The number of esters is 1. The number of rotatable bonds is 12. The van der Waals surface area contributed by atoms with Crippen molar-refractivity contribution in [3.8, 4) is 11.1 Å². The summed E-state index contributed by atoms with van der Waals surface area (Å²) >= 11 is 0. The predicted molar refractivity (Wildman–Crippen MR) is 160 cm³/mol. The number of fused-ring (bicyclic) bond motifs is 1. The number of nitrogens with one attached hydrogen (secondary N) is 3. The predicted octanol–water partition coefficient (Wildman–Crippen LogP) is 6.48. The minimum absolute atomic E-state index is 0.205. The molecule has 1 atom stereocenters. The molecule has 4 rings (SSSR count). The molecule has 3 N–H and O–H groups in total. The van der Waals surface area contributed by atoms with Crippen LogP contribution in [0.15, 0.2) is 72.9 Å². The number of unbranched alkanes of at least 4 members (excludes halogenated alkanes) is 1. The summed E-state index contributed by atoms with van der Waals surface area (Å²) in [6.07, 6.45) is 4.52. The van der Waals surface area contributed by atoms with Gasteiger partial charge in [-0.05, 0) is 98.8 Å². The Hall–Kier alpha value is -4.10. The monoisotopic (exact) mass is 526 g/mol. The molecule has 7 nitrogen and oxygen atoms in total. The number of hydrogen-bond acceptors (Lipinski definition) is 5. The van der Waals surface area contributed by atoms with E-state index in [0.717, 1.165) is 59.2 Å². The van der Waals surface area contributed by atoms with E-state index in [0.29, 0.717) is 17.7 Å². The molecular formula is C32H38N4O3. The van der Waals surface area contributed by atoms with Crippen molar-refractivity contribution in [1.82, 2.24) is 10.3 Å². The van der Waals surface area contributed by atoms with E-state index in [-0.39, 0.29) is 11.9 Å². The number of ether oxygens (including phenoxy) is 1. The molecule has 7 heteroatoms. The lowest BCUT2D eigenvalue weighted by molar-refractivity contribution is 0.0499. The van der Waals surface area contributed by atoms with E-state index in [2.05, 4.69) is 29.5 Å².